The zero-order chi connectivity index (χ0) is 25.0. The Morgan fingerprint density at radius 2 is 1.97 bits per heavy atom. The lowest BCUT2D eigenvalue weighted by atomic mass is 10.0. The summed E-state index contributed by atoms with van der Waals surface area (Å²) in [5.74, 6) is -0.272. The van der Waals surface area contributed by atoms with Crippen LogP contribution >= 0.6 is 11.3 Å². The molecule has 152 valence electrons. The molecule has 0 saturated heterocycles. The largest absolute Gasteiger partial charge is 0.388 e. The normalized spacial score (nSPS) is 14.3. The van der Waals surface area contributed by atoms with Crippen molar-refractivity contribution >= 4 is 28.1 Å². The smallest absolute Gasteiger partial charge is 0.230 e. The number of unbranched alkanes of at least 4 members (excludes halogenated alkanes) is 1. The molecule has 1 atom stereocenters. The van der Waals surface area contributed by atoms with E-state index >= 15 is 0 Å². The molecule has 0 bridgehead atoms. The summed E-state index contributed by atoms with van der Waals surface area (Å²) < 4.78 is 39.7. The van der Waals surface area contributed by atoms with E-state index in [9.17, 15) is 9.90 Å². The summed E-state index contributed by atoms with van der Waals surface area (Å²) in [6, 6.07) is 6.83. The second-order valence-corrected chi connectivity index (χ2v) is 7.65. The first-order valence-corrected chi connectivity index (χ1v) is 10.3. The van der Waals surface area contributed by atoms with Crippen molar-refractivity contribution in [2.45, 2.75) is 45.1 Å². The lowest BCUT2D eigenvalue weighted by Gasteiger charge is -2.11. The van der Waals surface area contributed by atoms with Crippen LogP contribution in [0.2, 0.25) is 0 Å². The predicted octanol–water partition coefficient (Wildman–Crippen LogP) is 4.66. The van der Waals surface area contributed by atoms with Crippen LogP contribution in [0, 0.1) is 6.92 Å². The number of hydrogen-bond acceptors (Lipinski definition) is 5. The van der Waals surface area contributed by atoms with Gasteiger partial charge in [-0.15, -0.1) is 11.3 Å². The summed E-state index contributed by atoms with van der Waals surface area (Å²) in [5.41, 5.74) is 7.95. The first-order valence-electron chi connectivity index (χ1n) is 11.9. The van der Waals surface area contributed by atoms with E-state index in [0.717, 1.165) is 29.7 Å². The van der Waals surface area contributed by atoms with Crippen molar-refractivity contribution in [3.05, 3.63) is 76.2 Å². The van der Waals surface area contributed by atoms with Crippen LogP contribution in [0.15, 0.2) is 53.8 Å². The molecule has 4 N–H and O–H groups in total. The van der Waals surface area contributed by atoms with E-state index in [0.29, 0.717) is 24.2 Å². The maximum Gasteiger partial charge on any atom is 0.230 e. The lowest BCUT2D eigenvalue weighted by Crippen LogP contribution is -2.14. The number of rotatable bonds is 9. The van der Waals surface area contributed by atoms with E-state index in [1.165, 1.54) is 6.92 Å². The first kappa shape index (κ1) is 15.2. The van der Waals surface area contributed by atoms with E-state index < -0.39 is 6.10 Å². The number of aryl methyl sites for hydroxylation is 1. The van der Waals surface area contributed by atoms with Crippen LogP contribution in [0.4, 0.5) is 10.8 Å². The molecular weight excluding hydrogens is 382 g/mol. The Morgan fingerprint density at radius 1 is 1.24 bits per heavy atom. The molecule has 0 unspecified atom stereocenters. The van der Waals surface area contributed by atoms with Gasteiger partial charge in [0.15, 0.2) is 5.13 Å². The summed E-state index contributed by atoms with van der Waals surface area (Å²) >= 11 is 1.03. The van der Waals surface area contributed by atoms with Crippen LogP contribution in [-0.4, -0.2) is 16.0 Å². The second-order valence-electron chi connectivity index (χ2n) is 6.82. The Kier molecular flexibility index (Phi) is 5.33. The van der Waals surface area contributed by atoms with Gasteiger partial charge >= 0.3 is 0 Å². The molecule has 1 aromatic heterocycles. The number of aromatic nitrogens is 1. The van der Waals surface area contributed by atoms with Crippen LogP contribution in [0.1, 0.15) is 54.6 Å². The Hall–Kier alpha value is -2.70. The third-order valence-electron chi connectivity index (χ3n) is 4.38. The number of nitrogens with zero attached hydrogens (tertiary/aromatic N) is 1. The number of hydrogen-bond donors (Lipinski definition) is 3. The summed E-state index contributed by atoms with van der Waals surface area (Å²) in [6.45, 7) is 1.54. The zero-order valence-corrected chi connectivity index (χ0v) is 17.0. The topological polar surface area (TPSA) is 88.2 Å². The molecule has 1 heterocycles. The summed E-state index contributed by atoms with van der Waals surface area (Å²) in [4.78, 5) is 16.2. The van der Waals surface area contributed by atoms with Crippen molar-refractivity contribution in [2.24, 2.45) is 0 Å². The number of amides is 1. The van der Waals surface area contributed by atoms with Gasteiger partial charge in [-0.3, -0.25) is 4.79 Å². The molecule has 6 heteroatoms. The number of anilines is 2. The van der Waals surface area contributed by atoms with E-state index in [1.807, 2.05) is 12.1 Å². The fourth-order valence-corrected chi connectivity index (χ4v) is 3.34. The van der Waals surface area contributed by atoms with Gasteiger partial charge < -0.3 is 16.2 Å². The first-order chi connectivity index (χ1) is 16.1. The molecule has 3 aromatic rings. The van der Waals surface area contributed by atoms with Gasteiger partial charge in [-0.2, -0.15) is 0 Å². The average molecular weight is 415 g/mol. The van der Waals surface area contributed by atoms with Crippen molar-refractivity contribution in [1.29, 1.82) is 0 Å². The van der Waals surface area contributed by atoms with E-state index in [1.54, 1.807) is 12.1 Å². The molecule has 0 fully saturated rings. The number of benzene rings is 2. The molecule has 0 aliphatic heterocycles. The predicted molar refractivity (Wildman–Crippen MR) is 119 cm³/mol. The number of carbonyl (C=O) groups excluding carboxylic acids is 1. The highest BCUT2D eigenvalue weighted by Crippen LogP contribution is 2.21. The molecule has 0 radical (unpaired) electrons. The molecule has 0 aliphatic carbocycles. The zero-order valence-electron chi connectivity index (χ0n) is 21.2. The van der Waals surface area contributed by atoms with Crippen LogP contribution in [0.3, 0.4) is 0 Å². The quantitative estimate of drug-likeness (QED) is 0.444. The maximum atomic E-state index is 12.2. The highest BCUT2D eigenvalue weighted by Gasteiger charge is 2.08. The van der Waals surface area contributed by atoms with Crippen molar-refractivity contribution in [3.63, 3.8) is 0 Å². The monoisotopic (exact) mass is 414 g/mol. The van der Waals surface area contributed by atoms with Crippen molar-refractivity contribution < 1.29 is 16.8 Å². The van der Waals surface area contributed by atoms with Gasteiger partial charge in [0.25, 0.3) is 0 Å². The molecule has 3 rings (SSSR count). The Balaban J connectivity index is 1.48. The summed E-state index contributed by atoms with van der Waals surface area (Å²) in [7, 11) is 0. The highest BCUT2D eigenvalue weighted by atomic mass is 32.1. The molecular formula is C23H27N3O2S. The number of nitrogens with one attached hydrogen (secondary N) is 1. The van der Waals surface area contributed by atoms with Crippen LogP contribution in [0.5, 0.6) is 0 Å². The third kappa shape index (κ3) is 6.69. The van der Waals surface area contributed by atoms with Gasteiger partial charge in [-0.1, -0.05) is 48.3 Å². The minimum atomic E-state index is -1.05. The van der Waals surface area contributed by atoms with Crippen LogP contribution in [0.25, 0.3) is 0 Å². The molecule has 29 heavy (non-hydrogen) atoms. The van der Waals surface area contributed by atoms with Gasteiger partial charge in [-0.05, 0) is 49.4 Å². The minimum Gasteiger partial charge on any atom is -0.388 e. The summed E-state index contributed by atoms with van der Waals surface area (Å²) in [5, 5.41) is 13.7. The Morgan fingerprint density at radius 3 is 2.62 bits per heavy atom. The van der Waals surface area contributed by atoms with Gasteiger partial charge in [0.2, 0.25) is 5.91 Å². The number of thiazole rings is 1. The second kappa shape index (κ2) is 10.2. The molecule has 1 amide bonds. The fraction of sp³-hybridized carbons (Fsp3) is 0.304. The lowest BCUT2D eigenvalue weighted by molar-refractivity contribution is -0.115. The third-order valence-corrected chi connectivity index (χ3v) is 5.02. The molecule has 2 aromatic carbocycles. The van der Waals surface area contributed by atoms with Crippen molar-refractivity contribution in [3.8, 4) is 0 Å². The van der Waals surface area contributed by atoms with Gasteiger partial charge in [-0.25, -0.2) is 4.98 Å². The Labute approximate surface area is 182 Å². The van der Waals surface area contributed by atoms with Gasteiger partial charge in [0, 0.05) is 11.0 Å². The highest BCUT2D eigenvalue weighted by molar-refractivity contribution is 7.13. The molecule has 0 saturated carbocycles. The number of nitrogen functional groups attached to an aromatic ring is 1. The van der Waals surface area contributed by atoms with Gasteiger partial charge in [0.1, 0.15) is 0 Å². The minimum absolute atomic E-state index is 0.0128. The average Bonchev–Trinajstić information content (AvgIpc) is 3.11. The van der Waals surface area contributed by atoms with E-state index in [2.05, 4.69) is 10.3 Å². The number of nitrogens with two attached hydrogens (primary N) is 1. The van der Waals surface area contributed by atoms with Crippen molar-refractivity contribution in [2.75, 3.05) is 11.1 Å². The van der Waals surface area contributed by atoms with Crippen molar-refractivity contribution in [1.82, 2.24) is 4.98 Å². The van der Waals surface area contributed by atoms with E-state index in [4.69, 9.17) is 12.6 Å². The number of aliphatic hydroxyl groups excluding tert-OH is 1. The van der Waals surface area contributed by atoms with E-state index in [-0.39, 0.29) is 58.1 Å². The molecule has 0 spiro atoms. The van der Waals surface area contributed by atoms with Gasteiger partial charge in [0.05, 0.1) is 25.1 Å². The maximum absolute atomic E-state index is 12.2. The molecule has 0 aliphatic rings. The molecule has 5 nitrogen and oxygen atoms in total. The Bertz CT molecular complexity index is 1160. The summed E-state index contributed by atoms with van der Waals surface area (Å²) in [6.07, 6.45) is 1.45. The van der Waals surface area contributed by atoms with Crippen LogP contribution in [-0.2, 0) is 17.6 Å². The number of aliphatic hydroxyl groups is 1. The standard InChI is InChI=1S/C23H27N3O2S/c1-16-6-10-18(11-7-16)21(27)5-3-2-4-17-8-12-19(13-9-17)25-22(28)14-20-15-29-23(24)26-20/h6-13,15,21,27H,2-5,14H2,1H3,(H2,24,26)(H,25,28)/t21-/m0/s1/i6D,7D,10D,11D,15D. The van der Waals surface area contributed by atoms with Crippen LogP contribution < -0.4 is 11.1 Å². The fourth-order valence-electron chi connectivity index (χ4n) is 2.84. The number of carbonyl (C=O) groups is 1. The SMILES string of the molecule is [2H]c1sc(N)nc1CC(=O)Nc1ccc(CCCC[C@H](O)c2c([2H])c([2H])c(C)c([2H])c2[2H])cc1.